The maximum atomic E-state index is 4.99. The predicted octanol–water partition coefficient (Wildman–Crippen LogP) is 0.723. The molecule has 0 amide bonds. The van der Waals surface area contributed by atoms with Crippen molar-refractivity contribution in [3.8, 4) is 0 Å². The summed E-state index contributed by atoms with van der Waals surface area (Å²) in [6.07, 6.45) is 7.44. The summed E-state index contributed by atoms with van der Waals surface area (Å²) < 4.78 is 9.01. The van der Waals surface area contributed by atoms with E-state index in [1.165, 1.54) is 0 Å². The number of nitrogens with one attached hydrogen (secondary N) is 1. The molecule has 2 rings (SSSR count). The van der Waals surface area contributed by atoms with E-state index >= 15 is 0 Å². The van der Waals surface area contributed by atoms with Gasteiger partial charge in [0.15, 0.2) is 0 Å². The highest BCUT2D eigenvalue weighted by Crippen LogP contribution is 2.07. The molecule has 0 atom stereocenters. The van der Waals surface area contributed by atoms with E-state index in [1.54, 1.807) is 19.5 Å². The van der Waals surface area contributed by atoms with Crippen LogP contribution >= 0.6 is 0 Å². The Bertz CT molecular complexity index is 462. The lowest BCUT2D eigenvalue weighted by Gasteiger charge is -2.09. The van der Waals surface area contributed by atoms with Crippen molar-refractivity contribution in [2.45, 2.75) is 6.54 Å². The van der Waals surface area contributed by atoms with Crippen LogP contribution in [-0.2, 0) is 18.3 Å². The second-order valence-electron chi connectivity index (χ2n) is 3.75. The van der Waals surface area contributed by atoms with Gasteiger partial charge >= 0.3 is 0 Å². The zero-order valence-corrected chi connectivity index (χ0v) is 10.1. The number of aryl methyl sites for hydroxylation is 1. The van der Waals surface area contributed by atoms with E-state index in [9.17, 15) is 0 Å². The molecule has 0 fully saturated rings. The van der Waals surface area contributed by atoms with Crippen molar-refractivity contribution in [1.82, 2.24) is 19.1 Å². The van der Waals surface area contributed by atoms with Crippen molar-refractivity contribution < 1.29 is 4.74 Å². The van der Waals surface area contributed by atoms with E-state index < -0.39 is 0 Å². The number of methoxy groups -OCH3 is 1. The topological polar surface area (TPSA) is 56.9 Å². The first-order valence-electron chi connectivity index (χ1n) is 5.51. The molecule has 0 spiro atoms. The molecule has 0 aliphatic rings. The zero-order valence-electron chi connectivity index (χ0n) is 10.1. The third kappa shape index (κ3) is 2.85. The van der Waals surface area contributed by atoms with Gasteiger partial charge in [-0.1, -0.05) is 0 Å². The van der Waals surface area contributed by atoms with Crippen molar-refractivity contribution >= 4 is 5.95 Å². The lowest BCUT2D eigenvalue weighted by Crippen LogP contribution is -2.14. The summed E-state index contributed by atoms with van der Waals surface area (Å²) in [5.41, 5.74) is 0. The normalized spacial score (nSPS) is 10.7. The van der Waals surface area contributed by atoms with Gasteiger partial charge in [0.25, 0.3) is 0 Å². The Kier molecular flexibility index (Phi) is 3.77. The third-order valence-corrected chi connectivity index (χ3v) is 2.54. The molecule has 2 aromatic rings. The first-order valence-corrected chi connectivity index (χ1v) is 5.51. The van der Waals surface area contributed by atoms with Crippen molar-refractivity contribution in [2.75, 3.05) is 25.6 Å². The van der Waals surface area contributed by atoms with Crippen LogP contribution < -0.4 is 5.32 Å². The summed E-state index contributed by atoms with van der Waals surface area (Å²) in [5.74, 6) is 1.84. The number of rotatable bonds is 6. The SMILES string of the molecule is COCCNc1nccn1Cc1nccn1C. The molecule has 0 radical (unpaired) electrons. The first kappa shape index (κ1) is 11.7. The highest BCUT2D eigenvalue weighted by Gasteiger charge is 2.05. The standard InChI is InChI=1S/C11H17N5O/c1-15-6-3-12-10(15)9-16-7-4-13-11(16)14-5-8-17-2/h3-4,6-7H,5,8-9H2,1-2H3,(H,13,14). The molecule has 6 heteroatoms. The van der Waals surface area contributed by atoms with Gasteiger partial charge < -0.3 is 19.2 Å². The molecule has 0 bridgehead atoms. The summed E-state index contributed by atoms with van der Waals surface area (Å²) in [6.45, 7) is 2.11. The van der Waals surface area contributed by atoms with Crippen LogP contribution in [0.2, 0.25) is 0 Å². The lowest BCUT2D eigenvalue weighted by atomic mass is 10.5. The Labute approximate surface area is 100 Å². The summed E-state index contributed by atoms with van der Waals surface area (Å²) in [4.78, 5) is 8.55. The van der Waals surface area contributed by atoms with Crippen LogP contribution in [-0.4, -0.2) is 39.4 Å². The molecular weight excluding hydrogens is 218 g/mol. The van der Waals surface area contributed by atoms with E-state index in [4.69, 9.17) is 4.74 Å². The van der Waals surface area contributed by atoms with E-state index in [2.05, 4.69) is 15.3 Å². The molecule has 0 aliphatic heterocycles. The zero-order chi connectivity index (χ0) is 12.1. The summed E-state index contributed by atoms with van der Waals surface area (Å²) in [5, 5.41) is 3.22. The Morgan fingerprint density at radius 3 is 2.82 bits per heavy atom. The fourth-order valence-electron chi connectivity index (χ4n) is 1.57. The number of hydrogen-bond acceptors (Lipinski definition) is 4. The van der Waals surface area contributed by atoms with Gasteiger partial charge in [-0.25, -0.2) is 9.97 Å². The third-order valence-electron chi connectivity index (χ3n) is 2.54. The molecule has 17 heavy (non-hydrogen) atoms. The highest BCUT2D eigenvalue weighted by molar-refractivity contribution is 5.26. The van der Waals surface area contributed by atoms with Crippen molar-refractivity contribution in [2.24, 2.45) is 7.05 Å². The van der Waals surface area contributed by atoms with Crippen LogP contribution in [0.3, 0.4) is 0 Å². The minimum absolute atomic E-state index is 0.662. The van der Waals surface area contributed by atoms with Crippen LogP contribution in [0.15, 0.2) is 24.8 Å². The largest absolute Gasteiger partial charge is 0.383 e. The maximum absolute atomic E-state index is 4.99. The molecule has 2 heterocycles. The number of nitrogens with zero attached hydrogens (tertiary/aromatic N) is 4. The number of aromatic nitrogens is 4. The molecule has 1 N–H and O–H groups in total. The molecule has 0 aliphatic carbocycles. The van der Waals surface area contributed by atoms with Gasteiger partial charge in [-0.05, 0) is 0 Å². The van der Waals surface area contributed by atoms with Gasteiger partial charge in [-0.3, -0.25) is 0 Å². The second-order valence-corrected chi connectivity index (χ2v) is 3.75. The molecular formula is C11H17N5O. The minimum Gasteiger partial charge on any atom is -0.383 e. The fraction of sp³-hybridized carbons (Fsp3) is 0.455. The number of anilines is 1. The Balaban J connectivity index is 2.01. The molecule has 0 unspecified atom stereocenters. The summed E-state index contributed by atoms with van der Waals surface area (Å²) in [6, 6.07) is 0. The number of hydrogen-bond donors (Lipinski definition) is 1. The van der Waals surface area contributed by atoms with Crippen LogP contribution in [0, 0.1) is 0 Å². The van der Waals surface area contributed by atoms with E-state index in [1.807, 2.05) is 28.6 Å². The Hall–Kier alpha value is -1.82. The number of ether oxygens (including phenoxy) is 1. The summed E-state index contributed by atoms with van der Waals surface area (Å²) >= 11 is 0. The molecule has 0 saturated carbocycles. The first-order chi connectivity index (χ1) is 8.31. The van der Waals surface area contributed by atoms with Gasteiger partial charge in [0.05, 0.1) is 13.2 Å². The molecule has 2 aromatic heterocycles. The van der Waals surface area contributed by atoms with Crippen LogP contribution in [0.25, 0.3) is 0 Å². The summed E-state index contributed by atoms with van der Waals surface area (Å²) in [7, 11) is 3.67. The minimum atomic E-state index is 0.662. The van der Waals surface area contributed by atoms with Gasteiger partial charge in [0.2, 0.25) is 5.95 Å². The second kappa shape index (κ2) is 5.49. The monoisotopic (exact) mass is 235 g/mol. The quantitative estimate of drug-likeness (QED) is 0.750. The van der Waals surface area contributed by atoms with Crippen LogP contribution in [0.4, 0.5) is 5.95 Å². The van der Waals surface area contributed by atoms with Crippen molar-refractivity contribution in [3.63, 3.8) is 0 Å². The van der Waals surface area contributed by atoms with Crippen LogP contribution in [0.1, 0.15) is 5.82 Å². The predicted molar refractivity (Wildman–Crippen MR) is 64.9 cm³/mol. The van der Waals surface area contributed by atoms with Crippen molar-refractivity contribution in [1.29, 1.82) is 0 Å². The highest BCUT2D eigenvalue weighted by atomic mass is 16.5. The average Bonchev–Trinajstić information content (AvgIpc) is 2.91. The molecule has 92 valence electrons. The van der Waals surface area contributed by atoms with Gasteiger partial charge in [-0.2, -0.15) is 0 Å². The Morgan fingerprint density at radius 1 is 1.29 bits per heavy atom. The molecule has 6 nitrogen and oxygen atoms in total. The van der Waals surface area contributed by atoms with E-state index in [0.29, 0.717) is 13.2 Å². The van der Waals surface area contributed by atoms with E-state index in [-0.39, 0.29) is 0 Å². The van der Waals surface area contributed by atoms with Gasteiger partial charge in [0, 0.05) is 45.5 Å². The smallest absolute Gasteiger partial charge is 0.203 e. The van der Waals surface area contributed by atoms with Crippen LogP contribution in [0.5, 0.6) is 0 Å². The van der Waals surface area contributed by atoms with Gasteiger partial charge in [-0.15, -0.1) is 0 Å². The Morgan fingerprint density at radius 2 is 2.12 bits per heavy atom. The molecule has 0 aromatic carbocycles. The lowest BCUT2D eigenvalue weighted by molar-refractivity contribution is 0.210. The maximum Gasteiger partial charge on any atom is 0.203 e. The van der Waals surface area contributed by atoms with E-state index in [0.717, 1.165) is 18.3 Å². The molecule has 0 saturated heterocycles. The van der Waals surface area contributed by atoms with Gasteiger partial charge in [0.1, 0.15) is 5.82 Å². The van der Waals surface area contributed by atoms with Crippen molar-refractivity contribution in [3.05, 3.63) is 30.6 Å². The number of imidazole rings is 2. The fourth-order valence-corrected chi connectivity index (χ4v) is 1.57. The average molecular weight is 235 g/mol.